The van der Waals surface area contributed by atoms with Gasteiger partial charge < -0.3 is 10.1 Å². The quantitative estimate of drug-likeness (QED) is 0.623. The molecule has 0 atom stereocenters. The molecule has 1 heterocycles. The Morgan fingerprint density at radius 3 is 2.34 bits per heavy atom. The number of amides is 1. The first-order valence-corrected chi connectivity index (χ1v) is 9.35. The first-order valence-electron chi connectivity index (χ1n) is 9.35. The summed E-state index contributed by atoms with van der Waals surface area (Å²) >= 11 is 0. The number of carbonyl (C=O) groups is 2. The molecule has 0 unspecified atom stereocenters. The number of benzene rings is 2. The minimum Gasteiger partial charge on any atom is -0.497 e. The molecular weight excluding hydrogens is 370 g/mol. The fraction of sp³-hybridized carbons (Fsp3) is 0.273. The van der Waals surface area contributed by atoms with Gasteiger partial charge in [-0.15, -0.1) is 0 Å². The number of carbonyl (C=O) groups excluding carboxylic acids is 2. The number of rotatable bonds is 7. The zero-order valence-corrected chi connectivity index (χ0v) is 16.6. The molecule has 0 spiro atoms. The van der Waals surface area contributed by atoms with Crippen LogP contribution in [0.15, 0.2) is 53.3 Å². The van der Waals surface area contributed by atoms with E-state index in [-0.39, 0.29) is 36.3 Å². The minimum absolute atomic E-state index is 0.0244. The van der Waals surface area contributed by atoms with Gasteiger partial charge in [0.05, 0.1) is 37.2 Å². The van der Waals surface area contributed by atoms with Gasteiger partial charge in [-0.3, -0.25) is 14.4 Å². The predicted molar refractivity (Wildman–Crippen MR) is 110 cm³/mol. The molecule has 150 valence electrons. The highest BCUT2D eigenvalue weighted by Gasteiger charge is 2.16. The van der Waals surface area contributed by atoms with Crippen LogP contribution in [-0.4, -0.2) is 35.1 Å². The number of hydrogen-bond donors (Lipinski definition) is 1. The zero-order chi connectivity index (χ0) is 21.0. The first kappa shape index (κ1) is 20.3. The third-order valence-corrected chi connectivity index (χ3v) is 4.58. The molecule has 0 aliphatic carbocycles. The van der Waals surface area contributed by atoms with Crippen molar-refractivity contribution >= 4 is 22.5 Å². The maximum atomic E-state index is 12.6. The Morgan fingerprint density at radius 1 is 1.07 bits per heavy atom. The molecule has 0 aliphatic rings. The summed E-state index contributed by atoms with van der Waals surface area (Å²) in [6.45, 7) is 3.61. The van der Waals surface area contributed by atoms with E-state index in [1.165, 1.54) is 4.68 Å². The van der Waals surface area contributed by atoms with E-state index >= 15 is 0 Å². The Labute approximate surface area is 168 Å². The van der Waals surface area contributed by atoms with E-state index in [9.17, 15) is 14.4 Å². The molecule has 1 N–H and O–H groups in total. The van der Waals surface area contributed by atoms with Crippen LogP contribution in [0.1, 0.15) is 35.9 Å². The summed E-state index contributed by atoms with van der Waals surface area (Å²) in [4.78, 5) is 37.3. The lowest BCUT2D eigenvalue weighted by Gasteiger charge is -2.13. The molecule has 1 amide bonds. The average molecular weight is 393 g/mol. The lowest BCUT2D eigenvalue weighted by atomic mass is 10.1. The number of nitrogens with one attached hydrogen (secondary N) is 1. The fourth-order valence-electron chi connectivity index (χ4n) is 3.03. The normalized spacial score (nSPS) is 10.9. The summed E-state index contributed by atoms with van der Waals surface area (Å²) in [6, 6.07) is 13.7. The molecule has 0 aliphatic heterocycles. The van der Waals surface area contributed by atoms with Gasteiger partial charge in [-0.1, -0.05) is 18.2 Å². The van der Waals surface area contributed by atoms with E-state index < -0.39 is 0 Å². The number of nitrogens with zero attached hydrogens (tertiary/aromatic N) is 2. The molecule has 0 bridgehead atoms. The van der Waals surface area contributed by atoms with Crippen molar-refractivity contribution in [1.29, 1.82) is 0 Å². The summed E-state index contributed by atoms with van der Waals surface area (Å²) in [5.74, 6) is 0.119. The van der Waals surface area contributed by atoms with Crippen molar-refractivity contribution in [3.63, 3.8) is 0 Å². The van der Waals surface area contributed by atoms with Crippen molar-refractivity contribution in [1.82, 2.24) is 15.1 Å². The molecule has 3 rings (SSSR count). The predicted octanol–water partition coefficient (Wildman–Crippen LogP) is 2.53. The molecule has 3 aromatic rings. The van der Waals surface area contributed by atoms with Crippen LogP contribution in [0, 0.1) is 0 Å². The lowest BCUT2D eigenvalue weighted by molar-refractivity contribution is -0.120. The third kappa shape index (κ3) is 4.51. The van der Waals surface area contributed by atoms with E-state index in [2.05, 4.69) is 10.4 Å². The second kappa shape index (κ2) is 8.68. The number of hydrogen-bond acceptors (Lipinski definition) is 5. The van der Waals surface area contributed by atoms with Crippen molar-refractivity contribution in [3.05, 3.63) is 70.1 Å². The van der Waals surface area contributed by atoms with E-state index in [0.717, 1.165) is 0 Å². The van der Waals surface area contributed by atoms with Crippen LogP contribution in [0.2, 0.25) is 0 Å². The Balaban J connectivity index is 1.75. The lowest BCUT2D eigenvalue weighted by Crippen LogP contribution is -2.32. The van der Waals surface area contributed by atoms with Gasteiger partial charge in [-0.05, 0) is 44.2 Å². The van der Waals surface area contributed by atoms with Gasteiger partial charge in [0, 0.05) is 10.9 Å². The SMILES string of the molecule is COc1ccc(C(=O)CNC(=O)Cc2nn(C(C)C)c(=O)c3ccccc23)cc1. The van der Waals surface area contributed by atoms with E-state index in [0.29, 0.717) is 27.8 Å². The smallest absolute Gasteiger partial charge is 0.274 e. The number of Topliss-reactive ketones (excluding diaryl/α,β-unsaturated/α-hetero) is 1. The second-order valence-electron chi connectivity index (χ2n) is 6.94. The van der Waals surface area contributed by atoms with Gasteiger partial charge >= 0.3 is 0 Å². The number of ether oxygens (including phenoxy) is 1. The number of aromatic nitrogens is 2. The Morgan fingerprint density at radius 2 is 1.72 bits per heavy atom. The van der Waals surface area contributed by atoms with E-state index in [4.69, 9.17) is 4.74 Å². The molecule has 0 saturated heterocycles. The maximum absolute atomic E-state index is 12.6. The fourth-order valence-corrected chi connectivity index (χ4v) is 3.03. The summed E-state index contributed by atoms with van der Waals surface area (Å²) in [6.07, 6.45) is -0.0244. The second-order valence-corrected chi connectivity index (χ2v) is 6.94. The Kier molecular flexibility index (Phi) is 6.07. The molecule has 0 radical (unpaired) electrons. The van der Waals surface area contributed by atoms with Crippen LogP contribution < -0.4 is 15.6 Å². The Hall–Kier alpha value is -3.48. The van der Waals surface area contributed by atoms with Gasteiger partial charge in [-0.2, -0.15) is 5.10 Å². The number of methoxy groups -OCH3 is 1. The van der Waals surface area contributed by atoms with Crippen molar-refractivity contribution in [3.8, 4) is 5.75 Å². The van der Waals surface area contributed by atoms with Gasteiger partial charge in [-0.25, -0.2) is 4.68 Å². The van der Waals surface area contributed by atoms with Crippen LogP contribution in [0.4, 0.5) is 0 Å². The van der Waals surface area contributed by atoms with Gasteiger partial charge in [0.25, 0.3) is 5.56 Å². The highest BCUT2D eigenvalue weighted by Crippen LogP contribution is 2.15. The maximum Gasteiger partial charge on any atom is 0.274 e. The molecule has 0 fully saturated rings. The highest BCUT2D eigenvalue weighted by atomic mass is 16.5. The van der Waals surface area contributed by atoms with Crippen LogP contribution in [-0.2, 0) is 11.2 Å². The molecule has 29 heavy (non-hydrogen) atoms. The average Bonchev–Trinajstić information content (AvgIpc) is 2.74. The van der Waals surface area contributed by atoms with Gasteiger partial charge in [0.1, 0.15) is 5.75 Å². The highest BCUT2D eigenvalue weighted by molar-refractivity contribution is 5.99. The van der Waals surface area contributed by atoms with E-state index in [1.54, 1.807) is 55.6 Å². The Bertz CT molecular complexity index is 1100. The molecule has 7 heteroatoms. The molecule has 2 aromatic carbocycles. The largest absolute Gasteiger partial charge is 0.497 e. The van der Waals surface area contributed by atoms with Crippen molar-refractivity contribution < 1.29 is 14.3 Å². The summed E-state index contributed by atoms with van der Waals surface area (Å²) < 4.78 is 6.45. The van der Waals surface area contributed by atoms with Gasteiger partial charge in [0.15, 0.2) is 5.78 Å². The van der Waals surface area contributed by atoms with Crippen LogP contribution in [0.25, 0.3) is 10.8 Å². The number of fused-ring (bicyclic) bond motifs is 1. The van der Waals surface area contributed by atoms with Crippen LogP contribution in [0.3, 0.4) is 0 Å². The molecule has 1 aromatic heterocycles. The molecule has 0 saturated carbocycles. The monoisotopic (exact) mass is 393 g/mol. The summed E-state index contributed by atoms with van der Waals surface area (Å²) in [7, 11) is 1.55. The van der Waals surface area contributed by atoms with Crippen LogP contribution >= 0.6 is 0 Å². The van der Waals surface area contributed by atoms with Crippen molar-refractivity contribution in [2.75, 3.05) is 13.7 Å². The first-order chi connectivity index (χ1) is 13.9. The zero-order valence-electron chi connectivity index (χ0n) is 16.6. The molecule has 7 nitrogen and oxygen atoms in total. The summed E-state index contributed by atoms with van der Waals surface area (Å²) in [5.41, 5.74) is 0.806. The van der Waals surface area contributed by atoms with Gasteiger partial charge in [0.2, 0.25) is 5.91 Å². The standard InChI is InChI=1S/C22H23N3O4/c1-14(2)25-22(28)18-7-5-4-6-17(18)19(24-25)12-21(27)23-13-20(26)15-8-10-16(29-3)11-9-15/h4-11,14H,12-13H2,1-3H3,(H,23,27). The minimum atomic E-state index is -0.335. The molecular formula is C22H23N3O4. The van der Waals surface area contributed by atoms with Crippen molar-refractivity contribution in [2.24, 2.45) is 0 Å². The van der Waals surface area contributed by atoms with Crippen molar-refractivity contribution in [2.45, 2.75) is 26.3 Å². The number of ketones is 1. The third-order valence-electron chi connectivity index (χ3n) is 4.58. The summed E-state index contributed by atoms with van der Waals surface area (Å²) in [5, 5.41) is 8.19. The van der Waals surface area contributed by atoms with Crippen LogP contribution in [0.5, 0.6) is 5.75 Å². The topological polar surface area (TPSA) is 90.3 Å². The van der Waals surface area contributed by atoms with E-state index in [1.807, 2.05) is 13.8 Å².